The van der Waals surface area contributed by atoms with Gasteiger partial charge in [-0.1, -0.05) is 0 Å². The van der Waals surface area contributed by atoms with Crippen molar-refractivity contribution in [2.24, 2.45) is 0 Å². The Labute approximate surface area is 116 Å². The highest BCUT2D eigenvalue weighted by Crippen LogP contribution is 2.18. The second-order valence-electron chi connectivity index (χ2n) is 4.62. The number of urea groups is 1. The molecule has 110 valence electrons. The number of hydrogen-bond acceptors (Lipinski definition) is 3. The molecule has 1 saturated heterocycles. The van der Waals surface area contributed by atoms with E-state index in [1.165, 1.54) is 24.3 Å². The summed E-state index contributed by atoms with van der Waals surface area (Å²) in [4.78, 5) is 15.9. The molecule has 2 rings (SSSR count). The number of carbonyl (C=O) groups excluding carboxylic acids is 1. The van der Waals surface area contributed by atoms with E-state index in [2.05, 4.69) is 15.0 Å². The molecule has 1 aliphatic rings. The quantitative estimate of drug-likeness (QED) is 0.924. The summed E-state index contributed by atoms with van der Waals surface area (Å²) in [5.41, 5.74) is 0.551. The number of alkyl halides is 2. The van der Waals surface area contributed by atoms with Crippen LogP contribution in [0.1, 0.15) is 0 Å². The maximum Gasteiger partial charge on any atom is 0.387 e. The number of hydrogen-bond donors (Lipinski definition) is 1. The highest BCUT2D eigenvalue weighted by molar-refractivity contribution is 5.89. The van der Waals surface area contributed by atoms with E-state index in [1.807, 2.05) is 7.05 Å². The molecule has 1 aromatic carbocycles. The molecule has 0 radical (unpaired) electrons. The average Bonchev–Trinajstić information content (AvgIpc) is 2.41. The number of likely N-dealkylation sites (N-methyl/N-ethyl adjacent to an activating group) is 1. The minimum Gasteiger partial charge on any atom is -0.435 e. The van der Waals surface area contributed by atoms with Crippen LogP contribution in [0.4, 0.5) is 19.3 Å². The Bertz CT molecular complexity index is 445. The van der Waals surface area contributed by atoms with Gasteiger partial charge in [-0.15, -0.1) is 0 Å². The van der Waals surface area contributed by atoms with Gasteiger partial charge in [0, 0.05) is 31.9 Å². The fourth-order valence-corrected chi connectivity index (χ4v) is 1.93. The number of rotatable bonds is 3. The third kappa shape index (κ3) is 4.06. The normalized spacial score (nSPS) is 16.3. The summed E-state index contributed by atoms with van der Waals surface area (Å²) in [6.45, 7) is 0.188. The van der Waals surface area contributed by atoms with Crippen molar-refractivity contribution in [1.29, 1.82) is 0 Å². The number of halogens is 2. The van der Waals surface area contributed by atoms with Crippen LogP contribution in [0.15, 0.2) is 24.3 Å². The topological polar surface area (TPSA) is 44.8 Å². The van der Waals surface area contributed by atoms with Crippen molar-refractivity contribution in [3.05, 3.63) is 24.3 Å². The zero-order chi connectivity index (χ0) is 14.5. The maximum absolute atomic E-state index is 12.0. The molecule has 0 saturated carbocycles. The van der Waals surface area contributed by atoms with Gasteiger partial charge in [0.25, 0.3) is 0 Å². The molecule has 0 aliphatic carbocycles. The van der Waals surface area contributed by atoms with E-state index in [4.69, 9.17) is 0 Å². The summed E-state index contributed by atoms with van der Waals surface area (Å²) in [6.07, 6.45) is 0. The zero-order valence-corrected chi connectivity index (χ0v) is 11.2. The van der Waals surface area contributed by atoms with E-state index in [9.17, 15) is 13.6 Å². The molecule has 0 atom stereocenters. The molecule has 7 heteroatoms. The van der Waals surface area contributed by atoms with Crippen molar-refractivity contribution in [2.45, 2.75) is 6.61 Å². The molecule has 0 unspecified atom stereocenters. The Kier molecular flexibility index (Phi) is 4.73. The summed E-state index contributed by atoms with van der Waals surface area (Å²) in [5.74, 6) is 0.0672. The maximum atomic E-state index is 12.0. The van der Waals surface area contributed by atoms with Gasteiger partial charge in [-0.2, -0.15) is 8.78 Å². The second kappa shape index (κ2) is 6.51. The summed E-state index contributed by atoms with van der Waals surface area (Å²) < 4.78 is 28.2. The Balaban J connectivity index is 1.88. The third-order valence-corrected chi connectivity index (χ3v) is 3.12. The molecule has 1 N–H and O–H groups in total. The SMILES string of the molecule is CN1CCN(C(=O)Nc2ccc(OC(F)F)cc2)CC1. The van der Waals surface area contributed by atoms with Crippen LogP contribution in [0.3, 0.4) is 0 Å². The predicted molar refractivity (Wildman–Crippen MR) is 71.2 cm³/mol. The first-order valence-corrected chi connectivity index (χ1v) is 6.34. The molecular formula is C13H17F2N3O2. The van der Waals surface area contributed by atoms with Gasteiger partial charge in [0.05, 0.1) is 0 Å². The van der Waals surface area contributed by atoms with Gasteiger partial charge in [0.2, 0.25) is 0 Å². The molecule has 5 nitrogen and oxygen atoms in total. The summed E-state index contributed by atoms with van der Waals surface area (Å²) in [7, 11) is 2.01. The van der Waals surface area contributed by atoms with Crippen molar-refractivity contribution < 1.29 is 18.3 Å². The summed E-state index contributed by atoms with van der Waals surface area (Å²) >= 11 is 0. The highest BCUT2D eigenvalue weighted by atomic mass is 19.3. The standard InChI is InChI=1S/C13H17F2N3O2/c1-17-6-8-18(9-7-17)13(19)16-10-2-4-11(5-3-10)20-12(14)15/h2-5,12H,6-9H2,1H3,(H,16,19). The zero-order valence-electron chi connectivity index (χ0n) is 11.2. The van der Waals surface area contributed by atoms with Crippen LogP contribution in [0, 0.1) is 0 Å². The molecular weight excluding hydrogens is 268 g/mol. The fraction of sp³-hybridized carbons (Fsp3) is 0.462. The minimum absolute atomic E-state index is 0.0672. The van der Waals surface area contributed by atoms with Gasteiger partial charge in [0.1, 0.15) is 5.75 Å². The number of carbonyl (C=O) groups is 1. The van der Waals surface area contributed by atoms with E-state index in [0.717, 1.165) is 13.1 Å². The lowest BCUT2D eigenvalue weighted by Gasteiger charge is -2.32. The Morgan fingerprint density at radius 1 is 1.20 bits per heavy atom. The molecule has 0 aromatic heterocycles. The van der Waals surface area contributed by atoms with Gasteiger partial charge in [-0.25, -0.2) is 4.79 Å². The molecule has 0 bridgehead atoms. The van der Waals surface area contributed by atoms with Crippen molar-refractivity contribution in [2.75, 3.05) is 38.5 Å². The van der Waals surface area contributed by atoms with Crippen LogP contribution in [-0.4, -0.2) is 55.7 Å². The Hall–Kier alpha value is -1.89. The molecule has 1 heterocycles. The number of nitrogens with one attached hydrogen (secondary N) is 1. The molecule has 0 spiro atoms. The minimum atomic E-state index is -2.85. The number of piperazine rings is 1. The van der Waals surface area contributed by atoms with Crippen LogP contribution in [0.25, 0.3) is 0 Å². The van der Waals surface area contributed by atoms with E-state index < -0.39 is 6.61 Å². The Morgan fingerprint density at radius 3 is 2.35 bits per heavy atom. The lowest BCUT2D eigenvalue weighted by Crippen LogP contribution is -2.48. The Morgan fingerprint density at radius 2 is 1.80 bits per heavy atom. The van der Waals surface area contributed by atoms with Gasteiger partial charge in [-0.3, -0.25) is 0 Å². The van der Waals surface area contributed by atoms with E-state index in [-0.39, 0.29) is 11.8 Å². The molecule has 1 fully saturated rings. The molecule has 1 aliphatic heterocycles. The smallest absolute Gasteiger partial charge is 0.387 e. The average molecular weight is 285 g/mol. The summed E-state index contributed by atoms with van der Waals surface area (Å²) in [6, 6.07) is 5.68. The first kappa shape index (κ1) is 14.5. The second-order valence-corrected chi connectivity index (χ2v) is 4.62. The first-order valence-electron chi connectivity index (χ1n) is 6.34. The van der Waals surface area contributed by atoms with E-state index in [0.29, 0.717) is 18.8 Å². The third-order valence-electron chi connectivity index (χ3n) is 3.12. The first-order chi connectivity index (χ1) is 9.54. The highest BCUT2D eigenvalue weighted by Gasteiger charge is 2.18. The van der Waals surface area contributed by atoms with Crippen LogP contribution < -0.4 is 10.1 Å². The number of amides is 2. The predicted octanol–water partition coefficient (Wildman–Crippen LogP) is 2.07. The van der Waals surface area contributed by atoms with Crippen molar-refractivity contribution >= 4 is 11.7 Å². The van der Waals surface area contributed by atoms with Crippen molar-refractivity contribution in [3.63, 3.8) is 0 Å². The summed E-state index contributed by atoms with van der Waals surface area (Å²) in [5, 5.41) is 2.73. The van der Waals surface area contributed by atoms with Gasteiger partial charge in [0.15, 0.2) is 0 Å². The largest absolute Gasteiger partial charge is 0.435 e. The monoisotopic (exact) mass is 285 g/mol. The van der Waals surface area contributed by atoms with E-state index >= 15 is 0 Å². The number of ether oxygens (including phenoxy) is 1. The van der Waals surface area contributed by atoms with Crippen molar-refractivity contribution in [1.82, 2.24) is 9.80 Å². The lowest BCUT2D eigenvalue weighted by atomic mass is 10.3. The number of nitrogens with zero attached hydrogens (tertiary/aromatic N) is 2. The molecule has 20 heavy (non-hydrogen) atoms. The van der Waals surface area contributed by atoms with Crippen LogP contribution in [0.5, 0.6) is 5.75 Å². The van der Waals surface area contributed by atoms with Crippen LogP contribution >= 0.6 is 0 Å². The van der Waals surface area contributed by atoms with Crippen molar-refractivity contribution in [3.8, 4) is 5.75 Å². The fourth-order valence-electron chi connectivity index (χ4n) is 1.93. The molecule has 1 aromatic rings. The van der Waals surface area contributed by atoms with E-state index in [1.54, 1.807) is 4.90 Å². The molecule has 2 amide bonds. The lowest BCUT2D eigenvalue weighted by molar-refractivity contribution is -0.0498. The number of anilines is 1. The van der Waals surface area contributed by atoms with Gasteiger partial charge < -0.3 is 19.9 Å². The van der Waals surface area contributed by atoms with Gasteiger partial charge >= 0.3 is 12.6 Å². The van der Waals surface area contributed by atoms with Crippen LogP contribution in [-0.2, 0) is 0 Å². The van der Waals surface area contributed by atoms with Gasteiger partial charge in [-0.05, 0) is 31.3 Å². The van der Waals surface area contributed by atoms with Crippen LogP contribution in [0.2, 0.25) is 0 Å². The number of benzene rings is 1.